The molecule has 0 aliphatic carbocycles. The molecule has 178 valence electrons. The zero-order valence-electron chi connectivity index (χ0n) is 25.0. The average molecular weight is 480 g/mol. The normalized spacial score (nSPS) is 12.7. The number of rotatable bonds is 6. The SMILES string of the molecule is [2H]c1nc(Nc2cc(C(=O)Nc3c([2H])c(C)c([2H])c(-n4ccc(C)c4)c3[2H])ccc2C)nc(-c2cccnc2)c1[2H]. The van der Waals surface area contributed by atoms with Gasteiger partial charge in [0.15, 0.2) is 0 Å². The Balaban J connectivity index is 1.47. The molecule has 3 heterocycles. The van der Waals surface area contributed by atoms with Gasteiger partial charge in [-0.15, -0.1) is 0 Å². The standard InChI is InChI=1S/C29H26N6O/c1-19-9-12-35(18-19)25-14-20(2)13-24(16-25)32-28(36)22-7-6-21(3)27(15-22)34-29-31-11-8-26(33-29)23-5-4-10-30-17-23/h4-18H,1-3H3,(H,32,36)(H,31,33,34)/i8D,11D,13D,14D,16D. The molecular formula is C29H26N6O. The molecule has 0 saturated carbocycles. The first-order valence-electron chi connectivity index (χ1n) is 13.7. The Bertz CT molecular complexity index is 1810. The number of hydrogen-bond acceptors (Lipinski definition) is 5. The minimum atomic E-state index is -0.540. The summed E-state index contributed by atoms with van der Waals surface area (Å²) in [5, 5.41) is 5.76. The number of nitrogens with one attached hydrogen (secondary N) is 2. The number of anilines is 3. The summed E-state index contributed by atoms with van der Waals surface area (Å²) < 4.78 is 43.8. The van der Waals surface area contributed by atoms with Crippen molar-refractivity contribution in [2.24, 2.45) is 0 Å². The van der Waals surface area contributed by atoms with Crippen molar-refractivity contribution in [2.75, 3.05) is 10.6 Å². The molecule has 0 aliphatic rings. The number of aryl methyl sites for hydroxylation is 2. The van der Waals surface area contributed by atoms with E-state index in [4.69, 9.17) is 6.85 Å². The van der Waals surface area contributed by atoms with Crippen LogP contribution in [0.1, 0.15) is 33.9 Å². The third kappa shape index (κ3) is 5.15. The number of aromatic nitrogens is 4. The third-order valence-electron chi connectivity index (χ3n) is 5.43. The lowest BCUT2D eigenvalue weighted by Gasteiger charge is -2.13. The first kappa shape index (κ1) is 17.6. The molecule has 2 aromatic carbocycles. The summed E-state index contributed by atoms with van der Waals surface area (Å²) in [7, 11) is 0. The number of nitrogens with zero attached hydrogens (tertiary/aromatic N) is 4. The average Bonchev–Trinajstić information content (AvgIpc) is 3.38. The van der Waals surface area contributed by atoms with E-state index < -0.39 is 5.91 Å². The van der Waals surface area contributed by atoms with Crippen LogP contribution in [0.25, 0.3) is 16.9 Å². The van der Waals surface area contributed by atoms with Crippen molar-refractivity contribution in [3.8, 4) is 16.9 Å². The highest BCUT2D eigenvalue weighted by atomic mass is 16.1. The molecule has 7 nitrogen and oxygen atoms in total. The van der Waals surface area contributed by atoms with E-state index in [1.54, 1.807) is 66.6 Å². The van der Waals surface area contributed by atoms with E-state index in [9.17, 15) is 4.79 Å². The van der Waals surface area contributed by atoms with Gasteiger partial charge in [0.05, 0.1) is 12.5 Å². The van der Waals surface area contributed by atoms with Gasteiger partial charge in [0.1, 0.15) is 0 Å². The molecule has 0 bridgehead atoms. The highest BCUT2D eigenvalue weighted by Crippen LogP contribution is 2.24. The van der Waals surface area contributed by atoms with Crippen LogP contribution in [0.15, 0.2) is 91.5 Å². The number of pyridine rings is 1. The van der Waals surface area contributed by atoms with Crippen LogP contribution in [0, 0.1) is 20.8 Å². The van der Waals surface area contributed by atoms with Crippen molar-refractivity contribution in [1.29, 1.82) is 0 Å². The zero-order chi connectivity index (χ0) is 29.4. The molecule has 0 spiro atoms. The maximum atomic E-state index is 13.4. The lowest BCUT2D eigenvalue weighted by atomic mass is 10.1. The fraction of sp³-hybridized carbons (Fsp3) is 0.103. The van der Waals surface area contributed by atoms with E-state index in [-0.39, 0.29) is 58.9 Å². The van der Waals surface area contributed by atoms with Gasteiger partial charge in [-0.25, -0.2) is 9.97 Å². The van der Waals surface area contributed by atoms with Crippen molar-refractivity contribution in [3.63, 3.8) is 0 Å². The number of amides is 1. The van der Waals surface area contributed by atoms with Gasteiger partial charge in [0, 0.05) is 59.1 Å². The number of carbonyl (C=O) groups is 1. The molecule has 0 aliphatic heterocycles. The Morgan fingerprint density at radius 3 is 2.72 bits per heavy atom. The number of carbonyl (C=O) groups excluding carboxylic acids is 1. The Morgan fingerprint density at radius 1 is 1.06 bits per heavy atom. The van der Waals surface area contributed by atoms with Crippen LogP contribution < -0.4 is 10.6 Å². The van der Waals surface area contributed by atoms with Gasteiger partial charge < -0.3 is 15.2 Å². The second-order valence-electron chi connectivity index (χ2n) is 8.30. The Kier molecular flexibility index (Phi) is 4.82. The Hall–Kier alpha value is -4.78. The molecule has 5 aromatic rings. The molecule has 3 aromatic heterocycles. The highest BCUT2D eigenvalue weighted by molar-refractivity contribution is 6.05. The molecular weight excluding hydrogens is 448 g/mol. The Labute approximate surface area is 216 Å². The summed E-state index contributed by atoms with van der Waals surface area (Å²) in [6.07, 6.45) is 6.42. The summed E-state index contributed by atoms with van der Waals surface area (Å²) >= 11 is 0. The van der Waals surface area contributed by atoms with Gasteiger partial charge in [-0.2, -0.15) is 0 Å². The molecule has 2 N–H and O–H groups in total. The molecule has 0 unspecified atom stereocenters. The van der Waals surface area contributed by atoms with Gasteiger partial charge in [-0.3, -0.25) is 9.78 Å². The summed E-state index contributed by atoms with van der Waals surface area (Å²) in [5.74, 6) is -0.456. The van der Waals surface area contributed by atoms with Crippen molar-refractivity contribution in [3.05, 3.63) is 114 Å². The third-order valence-corrected chi connectivity index (χ3v) is 5.43. The second kappa shape index (κ2) is 9.84. The van der Waals surface area contributed by atoms with E-state index in [1.807, 2.05) is 19.9 Å². The molecule has 0 saturated heterocycles. The van der Waals surface area contributed by atoms with E-state index in [2.05, 4.69) is 25.6 Å². The first-order valence-corrected chi connectivity index (χ1v) is 11.2. The fourth-order valence-corrected chi connectivity index (χ4v) is 3.60. The predicted octanol–water partition coefficient (Wildman–Crippen LogP) is 6.25. The maximum Gasteiger partial charge on any atom is 0.255 e. The van der Waals surface area contributed by atoms with Crippen LogP contribution in [0.4, 0.5) is 17.3 Å². The summed E-state index contributed by atoms with van der Waals surface area (Å²) in [6.45, 7) is 5.35. The van der Waals surface area contributed by atoms with Gasteiger partial charge >= 0.3 is 0 Å². The smallest absolute Gasteiger partial charge is 0.255 e. The lowest BCUT2D eigenvalue weighted by molar-refractivity contribution is 0.102. The number of benzene rings is 2. The lowest BCUT2D eigenvalue weighted by Crippen LogP contribution is -2.13. The van der Waals surface area contributed by atoms with Gasteiger partial charge in [-0.1, -0.05) is 6.07 Å². The quantitative estimate of drug-likeness (QED) is 0.301. The minimum Gasteiger partial charge on any atom is -0.324 e. The van der Waals surface area contributed by atoms with Crippen LogP contribution >= 0.6 is 0 Å². The van der Waals surface area contributed by atoms with Gasteiger partial charge in [0.2, 0.25) is 5.95 Å². The number of hydrogen-bond donors (Lipinski definition) is 2. The van der Waals surface area contributed by atoms with E-state index in [0.29, 0.717) is 16.8 Å². The van der Waals surface area contributed by atoms with Crippen molar-refractivity contribution < 1.29 is 11.6 Å². The van der Waals surface area contributed by atoms with Crippen molar-refractivity contribution in [2.45, 2.75) is 20.8 Å². The second-order valence-corrected chi connectivity index (χ2v) is 8.30. The van der Waals surface area contributed by atoms with Crippen LogP contribution in [0.5, 0.6) is 0 Å². The minimum absolute atomic E-state index is 0.00858. The molecule has 36 heavy (non-hydrogen) atoms. The molecule has 1 amide bonds. The van der Waals surface area contributed by atoms with Crippen molar-refractivity contribution in [1.82, 2.24) is 19.5 Å². The molecule has 0 atom stereocenters. The monoisotopic (exact) mass is 479 g/mol. The zero-order valence-corrected chi connectivity index (χ0v) is 20.0. The van der Waals surface area contributed by atoms with Crippen LogP contribution in [0.2, 0.25) is 0 Å². The topological polar surface area (TPSA) is 84.7 Å². The molecule has 7 heteroatoms. The van der Waals surface area contributed by atoms with Gasteiger partial charge in [0.25, 0.3) is 5.91 Å². The summed E-state index contributed by atoms with van der Waals surface area (Å²) in [4.78, 5) is 25.9. The van der Waals surface area contributed by atoms with Crippen LogP contribution in [-0.4, -0.2) is 25.4 Å². The molecule has 0 radical (unpaired) electrons. The van der Waals surface area contributed by atoms with E-state index in [1.165, 1.54) is 0 Å². The van der Waals surface area contributed by atoms with E-state index >= 15 is 0 Å². The largest absolute Gasteiger partial charge is 0.324 e. The van der Waals surface area contributed by atoms with E-state index in [0.717, 1.165) is 11.1 Å². The Morgan fingerprint density at radius 2 is 1.94 bits per heavy atom. The maximum absolute atomic E-state index is 13.4. The van der Waals surface area contributed by atoms with Crippen molar-refractivity contribution >= 4 is 23.2 Å². The predicted molar refractivity (Wildman–Crippen MR) is 143 cm³/mol. The summed E-state index contributed by atoms with van der Waals surface area (Å²) in [5.41, 5.74) is 3.93. The van der Waals surface area contributed by atoms with Crippen LogP contribution in [0.3, 0.4) is 0 Å². The summed E-state index contributed by atoms with van der Waals surface area (Å²) in [6, 6.07) is 9.94. The highest BCUT2D eigenvalue weighted by Gasteiger charge is 2.12. The molecule has 0 fully saturated rings. The fourth-order valence-electron chi connectivity index (χ4n) is 3.60. The first-order chi connectivity index (χ1) is 19.5. The molecule has 5 rings (SSSR count). The van der Waals surface area contributed by atoms with Crippen LogP contribution in [-0.2, 0) is 0 Å². The van der Waals surface area contributed by atoms with Gasteiger partial charge in [-0.05, 0) is 92.0 Å².